The first-order valence-electron chi connectivity index (χ1n) is 9.31. The van der Waals surface area contributed by atoms with Gasteiger partial charge in [-0.15, -0.1) is 0 Å². The molecule has 30 heavy (non-hydrogen) atoms. The van der Waals surface area contributed by atoms with Gasteiger partial charge in [0.15, 0.2) is 0 Å². The number of nitrogens with zero attached hydrogens (tertiary/aromatic N) is 4. The minimum Gasteiger partial charge on any atom is -0.399 e. The summed E-state index contributed by atoms with van der Waals surface area (Å²) in [6.45, 7) is 0. The minimum atomic E-state index is -0.636. The van der Waals surface area contributed by atoms with Gasteiger partial charge in [0.05, 0.1) is 22.8 Å². The summed E-state index contributed by atoms with van der Waals surface area (Å²) in [6.07, 6.45) is 5.41. The molecule has 0 aliphatic carbocycles. The van der Waals surface area contributed by atoms with Crippen LogP contribution in [-0.4, -0.2) is 19.3 Å². The SMILES string of the molecule is Cn1cc(-c2ccc3c(c2)ncn3-c2cc(N)cc(-c3c(F)cccc3F)c2)cn1. The predicted octanol–water partition coefficient (Wildman–Crippen LogP) is 4.95. The number of rotatable bonds is 3. The van der Waals surface area contributed by atoms with E-state index in [0.29, 0.717) is 16.9 Å². The van der Waals surface area contributed by atoms with Crippen molar-refractivity contribution in [2.45, 2.75) is 0 Å². The number of hydrogen-bond donors (Lipinski definition) is 1. The molecule has 148 valence electrons. The summed E-state index contributed by atoms with van der Waals surface area (Å²) in [4.78, 5) is 4.50. The Morgan fingerprint density at radius 1 is 0.900 bits per heavy atom. The number of halogens is 2. The maximum absolute atomic E-state index is 14.3. The molecule has 3 aromatic carbocycles. The molecular formula is C23H17F2N5. The number of nitrogen functional groups attached to an aromatic ring is 1. The first-order valence-corrected chi connectivity index (χ1v) is 9.31. The minimum absolute atomic E-state index is 0.102. The molecule has 0 unspecified atom stereocenters. The van der Waals surface area contributed by atoms with Gasteiger partial charge in [0.25, 0.3) is 0 Å². The highest BCUT2D eigenvalue weighted by Gasteiger charge is 2.14. The van der Waals surface area contributed by atoms with E-state index in [9.17, 15) is 8.78 Å². The summed E-state index contributed by atoms with van der Waals surface area (Å²) in [5.74, 6) is -1.27. The highest BCUT2D eigenvalue weighted by Crippen LogP contribution is 2.31. The van der Waals surface area contributed by atoms with Gasteiger partial charge in [0.1, 0.15) is 18.0 Å². The molecule has 5 nitrogen and oxygen atoms in total. The summed E-state index contributed by atoms with van der Waals surface area (Å²) in [7, 11) is 1.87. The molecule has 0 amide bonds. The van der Waals surface area contributed by atoms with Crippen LogP contribution in [0.1, 0.15) is 0 Å². The Hall–Kier alpha value is -4.00. The second kappa shape index (κ2) is 6.81. The van der Waals surface area contributed by atoms with Gasteiger partial charge >= 0.3 is 0 Å². The van der Waals surface area contributed by atoms with Crippen molar-refractivity contribution >= 4 is 16.7 Å². The van der Waals surface area contributed by atoms with Crippen molar-refractivity contribution < 1.29 is 8.78 Å². The van der Waals surface area contributed by atoms with Crippen LogP contribution in [0.4, 0.5) is 14.5 Å². The fourth-order valence-corrected chi connectivity index (χ4v) is 3.66. The average Bonchev–Trinajstić information content (AvgIpc) is 3.33. The van der Waals surface area contributed by atoms with Crippen LogP contribution >= 0.6 is 0 Å². The van der Waals surface area contributed by atoms with Gasteiger partial charge in [-0.25, -0.2) is 13.8 Å². The number of aryl methyl sites for hydroxylation is 1. The van der Waals surface area contributed by atoms with Crippen molar-refractivity contribution in [1.82, 2.24) is 19.3 Å². The number of imidazole rings is 1. The molecule has 0 spiro atoms. The Morgan fingerprint density at radius 3 is 2.43 bits per heavy atom. The molecule has 2 N–H and O–H groups in total. The van der Waals surface area contributed by atoms with Crippen LogP contribution in [0.15, 0.2) is 73.3 Å². The van der Waals surface area contributed by atoms with Crippen molar-refractivity contribution in [3.8, 4) is 27.9 Å². The maximum atomic E-state index is 14.3. The zero-order chi connectivity index (χ0) is 20.8. The van der Waals surface area contributed by atoms with E-state index < -0.39 is 11.6 Å². The molecule has 7 heteroatoms. The van der Waals surface area contributed by atoms with Gasteiger partial charge < -0.3 is 5.73 Å². The molecule has 0 aliphatic heterocycles. The van der Waals surface area contributed by atoms with E-state index >= 15 is 0 Å². The van der Waals surface area contributed by atoms with Gasteiger partial charge in [0, 0.05) is 30.2 Å². The smallest absolute Gasteiger partial charge is 0.133 e. The van der Waals surface area contributed by atoms with E-state index in [2.05, 4.69) is 10.1 Å². The zero-order valence-corrected chi connectivity index (χ0v) is 16.1. The lowest BCUT2D eigenvalue weighted by Crippen LogP contribution is -1.97. The molecule has 2 heterocycles. The van der Waals surface area contributed by atoms with Gasteiger partial charge in [-0.2, -0.15) is 5.10 Å². The summed E-state index contributed by atoms with van der Waals surface area (Å²) < 4.78 is 32.2. The van der Waals surface area contributed by atoms with Gasteiger partial charge in [-0.1, -0.05) is 12.1 Å². The molecule has 0 radical (unpaired) electrons. The summed E-state index contributed by atoms with van der Waals surface area (Å²) in [6, 6.07) is 14.7. The highest BCUT2D eigenvalue weighted by molar-refractivity contribution is 5.84. The lowest BCUT2D eigenvalue weighted by molar-refractivity contribution is 0.589. The number of benzene rings is 3. The van der Waals surface area contributed by atoms with E-state index in [1.807, 2.05) is 36.0 Å². The molecule has 0 saturated heterocycles. The molecule has 0 fully saturated rings. The van der Waals surface area contributed by atoms with E-state index in [-0.39, 0.29) is 5.56 Å². The fraction of sp³-hybridized carbons (Fsp3) is 0.0435. The molecule has 0 aliphatic rings. The van der Waals surface area contributed by atoms with E-state index in [1.165, 1.54) is 18.2 Å². The van der Waals surface area contributed by atoms with Gasteiger partial charge in [-0.05, 0) is 53.6 Å². The van der Waals surface area contributed by atoms with E-state index in [0.717, 1.165) is 22.2 Å². The second-order valence-corrected chi connectivity index (χ2v) is 7.13. The van der Waals surface area contributed by atoms with Crippen LogP contribution in [0.5, 0.6) is 0 Å². The van der Waals surface area contributed by atoms with Crippen molar-refractivity contribution in [2.24, 2.45) is 7.05 Å². The molecule has 0 saturated carbocycles. The standard InChI is InChI=1S/C23H17F2N5/c1-29-12-16(11-28-29)14-5-6-22-21(9-14)27-13-30(22)18-8-15(7-17(26)10-18)23-19(24)3-2-4-20(23)25/h2-13H,26H2,1H3. The second-order valence-electron chi connectivity index (χ2n) is 7.13. The zero-order valence-electron chi connectivity index (χ0n) is 16.1. The Balaban J connectivity index is 1.63. The van der Waals surface area contributed by atoms with E-state index in [4.69, 9.17) is 5.73 Å². The largest absolute Gasteiger partial charge is 0.399 e. The molecule has 2 aromatic heterocycles. The molecular weight excluding hydrogens is 384 g/mol. The lowest BCUT2D eigenvalue weighted by Gasteiger charge is -2.11. The Bertz CT molecular complexity index is 1380. The number of aromatic nitrogens is 4. The molecule has 0 atom stereocenters. The number of hydrogen-bond acceptors (Lipinski definition) is 3. The third kappa shape index (κ3) is 3.00. The Kier molecular flexibility index (Phi) is 4.10. The quantitative estimate of drug-likeness (QED) is 0.435. The lowest BCUT2D eigenvalue weighted by atomic mass is 10.0. The van der Waals surface area contributed by atoms with Crippen LogP contribution in [0, 0.1) is 11.6 Å². The number of fused-ring (bicyclic) bond motifs is 1. The first kappa shape index (κ1) is 18.1. The van der Waals surface area contributed by atoms with Gasteiger partial charge in [-0.3, -0.25) is 9.25 Å². The molecule has 5 rings (SSSR count). The fourth-order valence-electron chi connectivity index (χ4n) is 3.66. The van der Waals surface area contributed by atoms with Crippen molar-refractivity contribution in [3.05, 3.63) is 85.0 Å². The summed E-state index contributed by atoms with van der Waals surface area (Å²) in [5, 5.41) is 4.20. The van der Waals surface area contributed by atoms with Gasteiger partial charge in [0.2, 0.25) is 0 Å². The Labute approximate surface area is 171 Å². The Morgan fingerprint density at radius 2 is 1.70 bits per heavy atom. The van der Waals surface area contributed by atoms with Crippen LogP contribution in [0.25, 0.3) is 39.0 Å². The van der Waals surface area contributed by atoms with Crippen molar-refractivity contribution in [3.63, 3.8) is 0 Å². The van der Waals surface area contributed by atoms with Crippen LogP contribution < -0.4 is 5.73 Å². The van der Waals surface area contributed by atoms with Crippen LogP contribution in [-0.2, 0) is 7.05 Å². The van der Waals surface area contributed by atoms with E-state index in [1.54, 1.807) is 35.4 Å². The molecule has 0 bridgehead atoms. The predicted molar refractivity (Wildman–Crippen MR) is 113 cm³/mol. The summed E-state index contributed by atoms with van der Waals surface area (Å²) >= 11 is 0. The normalized spacial score (nSPS) is 11.3. The third-order valence-electron chi connectivity index (χ3n) is 5.06. The topological polar surface area (TPSA) is 61.7 Å². The average molecular weight is 401 g/mol. The maximum Gasteiger partial charge on any atom is 0.133 e. The van der Waals surface area contributed by atoms with Crippen molar-refractivity contribution in [2.75, 3.05) is 5.73 Å². The first-order chi connectivity index (χ1) is 14.5. The van der Waals surface area contributed by atoms with Crippen molar-refractivity contribution in [1.29, 1.82) is 0 Å². The third-order valence-corrected chi connectivity index (χ3v) is 5.06. The number of anilines is 1. The summed E-state index contributed by atoms with van der Waals surface area (Å²) in [5.41, 5.74) is 11.0. The van der Waals surface area contributed by atoms with Crippen LogP contribution in [0.3, 0.4) is 0 Å². The number of nitrogens with two attached hydrogens (primary N) is 1. The molecule has 5 aromatic rings. The highest BCUT2D eigenvalue weighted by atomic mass is 19.1. The monoisotopic (exact) mass is 401 g/mol. The van der Waals surface area contributed by atoms with Crippen LogP contribution in [0.2, 0.25) is 0 Å².